The monoisotopic (exact) mass is 407 g/mol. The Bertz CT molecular complexity index is 985. The van der Waals surface area contributed by atoms with Gasteiger partial charge in [-0.3, -0.25) is 19.2 Å². The summed E-state index contributed by atoms with van der Waals surface area (Å²) in [6, 6.07) is 15.6. The lowest BCUT2D eigenvalue weighted by Gasteiger charge is -2.36. The molecule has 7 nitrogen and oxygen atoms in total. The molecule has 2 aromatic rings. The van der Waals surface area contributed by atoms with E-state index in [0.717, 1.165) is 17.2 Å². The Hall–Kier alpha value is -2.42. The van der Waals surface area contributed by atoms with E-state index in [-0.39, 0.29) is 5.91 Å². The van der Waals surface area contributed by atoms with E-state index in [1.54, 1.807) is 17.0 Å². The van der Waals surface area contributed by atoms with Crippen LogP contribution in [0.5, 0.6) is 0 Å². The molecule has 0 saturated heterocycles. The third kappa shape index (κ3) is 4.65. The number of amides is 1. The Morgan fingerprint density at radius 1 is 1.19 bits per heavy atom. The Balaban J connectivity index is 0.000000376. The van der Waals surface area contributed by atoms with Crippen LogP contribution in [0, 0.1) is 0 Å². The number of carbonyl (C=O) groups is 1. The van der Waals surface area contributed by atoms with Gasteiger partial charge in [-0.2, -0.15) is 8.42 Å². The van der Waals surface area contributed by atoms with E-state index in [4.69, 9.17) is 16.2 Å². The molecule has 1 amide bonds. The van der Waals surface area contributed by atoms with E-state index in [1.807, 2.05) is 24.3 Å². The van der Waals surface area contributed by atoms with E-state index < -0.39 is 10.1 Å². The summed E-state index contributed by atoms with van der Waals surface area (Å²) in [4.78, 5) is 20.9. The molecular weight excluding hydrogens is 390 g/mol. The molecule has 2 aromatic carbocycles. The number of benzene rings is 2. The number of guanidine groups is 1. The fraction of sp³-hybridized carbons (Fsp3) is 0.222. The zero-order valence-electron chi connectivity index (χ0n) is 14.5. The highest BCUT2D eigenvalue weighted by atomic mass is 35.5. The normalized spacial score (nSPS) is 15.5. The summed E-state index contributed by atoms with van der Waals surface area (Å²) in [5.74, 6) is 0.732. The number of hydrogen-bond donors (Lipinski definition) is 1. The van der Waals surface area contributed by atoms with Gasteiger partial charge < -0.3 is 4.90 Å². The van der Waals surface area contributed by atoms with Gasteiger partial charge in [-0.1, -0.05) is 41.9 Å². The van der Waals surface area contributed by atoms with Gasteiger partial charge in [-0.25, -0.2) is 0 Å². The van der Waals surface area contributed by atoms with Gasteiger partial charge in [0.1, 0.15) is 0 Å². The van der Waals surface area contributed by atoms with Crippen molar-refractivity contribution in [3.8, 4) is 0 Å². The Labute approximate surface area is 162 Å². The van der Waals surface area contributed by atoms with E-state index >= 15 is 0 Å². The highest BCUT2D eigenvalue weighted by molar-refractivity contribution is 7.85. The third-order valence-corrected chi connectivity index (χ3v) is 4.20. The molecule has 9 heteroatoms. The van der Waals surface area contributed by atoms with Gasteiger partial charge in [-0.15, -0.1) is 0 Å². The largest absolute Gasteiger partial charge is 0.307 e. The maximum absolute atomic E-state index is 12.6. The molecule has 2 aliphatic rings. The summed E-state index contributed by atoms with van der Waals surface area (Å²) in [7, 11) is -3.67. The minimum Gasteiger partial charge on any atom is -0.307 e. The molecule has 2 heterocycles. The van der Waals surface area contributed by atoms with Crippen molar-refractivity contribution in [2.75, 3.05) is 24.2 Å². The van der Waals surface area contributed by atoms with E-state index in [0.29, 0.717) is 36.5 Å². The van der Waals surface area contributed by atoms with Crippen LogP contribution in [-0.2, 0) is 16.7 Å². The molecule has 0 saturated carbocycles. The molecular formula is C18H18ClN3O4S. The lowest BCUT2D eigenvalue weighted by atomic mass is 10.1. The van der Waals surface area contributed by atoms with Crippen LogP contribution in [-0.4, -0.2) is 49.1 Å². The summed E-state index contributed by atoms with van der Waals surface area (Å²) in [6.07, 6.45) is 0.715. The number of anilines is 1. The van der Waals surface area contributed by atoms with Crippen LogP contribution in [0.2, 0.25) is 5.02 Å². The van der Waals surface area contributed by atoms with Crippen LogP contribution in [0.15, 0.2) is 53.5 Å². The molecule has 0 aromatic heterocycles. The Morgan fingerprint density at radius 3 is 2.52 bits per heavy atom. The minimum atomic E-state index is -3.67. The van der Waals surface area contributed by atoms with Crippen LogP contribution in [0.25, 0.3) is 0 Å². The number of fused-ring (bicyclic) bond motifs is 2. The zero-order valence-corrected chi connectivity index (χ0v) is 16.1. The van der Waals surface area contributed by atoms with Crippen molar-refractivity contribution in [2.24, 2.45) is 4.99 Å². The molecule has 0 bridgehead atoms. The first-order valence-electron chi connectivity index (χ1n) is 8.14. The highest BCUT2D eigenvalue weighted by Crippen LogP contribution is 2.33. The maximum Gasteiger partial charge on any atom is 0.262 e. The summed E-state index contributed by atoms with van der Waals surface area (Å²) in [5, 5.41) is 0.622. The van der Waals surface area contributed by atoms with Crippen molar-refractivity contribution in [1.29, 1.82) is 0 Å². The molecule has 0 aliphatic carbocycles. The molecule has 0 spiro atoms. The van der Waals surface area contributed by atoms with Crippen molar-refractivity contribution in [3.05, 3.63) is 64.7 Å². The molecule has 1 N–H and O–H groups in total. The van der Waals surface area contributed by atoms with Crippen molar-refractivity contribution < 1.29 is 17.8 Å². The van der Waals surface area contributed by atoms with Crippen LogP contribution in [0.1, 0.15) is 15.9 Å². The first-order valence-corrected chi connectivity index (χ1v) is 10.4. The second-order valence-corrected chi connectivity index (χ2v) is 8.01. The quantitative estimate of drug-likeness (QED) is 0.773. The molecule has 0 unspecified atom stereocenters. The van der Waals surface area contributed by atoms with Crippen molar-refractivity contribution >= 4 is 39.3 Å². The predicted octanol–water partition coefficient (Wildman–Crippen LogP) is 2.68. The number of aliphatic imine (C=N–C) groups is 1. The van der Waals surface area contributed by atoms with Crippen LogP contribution in [0.4, 0.5) is 5.69 Å². The van der Waals surface area contributed by atoms with E-state index in [2.05, 4.69) is 22.0 Å². The second-order valence-electron chi connectivity index (χ2n) is 6.10. The first-order chi connectivity index (χ1) is 12.7. The number of hydrogen-bond acceptors (Lipinski definition) is 5. The number of carbonyl (C=O) groups excluding carboxylic acids is 1. The van der Waals surface area contributed by atoms with Crippen LogP contribution in [0.3, 0.4) is 0 Å². The smallest absolute Gasteiger partial charge is 0.262 e. The number of nitrogens with zero attached hydrogens (tertiary/aromatic N) is 3. The fourth-order valence-electron chi connectivity index (χ4n) is 2.94. The molecule has 0 radical (unpaired) electrons. The van der Waals surface area contributed by atoms with Gasteiger partial charge in [0.25, 0.3) is 16.0 Å². The van der Waals surface area contributed by atoms with E-state index in [9.17, 15) is 13.2 Å². The zero-order chi connectivity index (χ0) is 19.6. The summed E-state index contributed by atoms with van der Waals surface area (Å²) >= 11 is 6.14. The predicted molar refractivity (Wildman–Crippen MR) is 105 cm³/mol. The number of halogens is 1. The maximum atomic E-state index is 12.6. The topological polar surface area (TPSA) is 90.3 Å². The van der Waals surface area contributed by atoms with Gasteiger partial charge in [0.05, 0.1) is 30.6 Å². The molecule has 2 aliphatic heterocycles. The lowest BCUT2D eigenvalue weighted by molar-refractivity contribution is 0.0851. The highest BCUT2D eigenvalue weighted by Gasteiger charge is 2.37. The fourth-order valence-corrected chi connectivity index (χ4v) is 3.11. The van der Waals surface area contributed by atoms with Gasteiger partial charge in [0, 0.05) is 11.6 Å². The average Bonchev–Trinajstić information content (AvgIpc) is 3.08. The minimum absolute atomic E-state index is 0.00669. The van der Waals surface area contributed by atoms with Gasteiger partial charge in [-0.05, 0) is 23.8 Å². The summed E-state index contributed by atoms with van der Waals surface area (Å²) in [6.45, 7) is 1.95. The molecule has 142 valence electrons. The molecule has 27 heavy (non-hydrogen) atoms. The Morgan fingerprint density at radius 2 is 1.85 bits per heavy atom. The standard InChI is InChI=1S/C17H14ClN3O.CH4O3S/c18-13-6-7-14-15(10-13)21(11-12-4-2-1-3-5-12)17-19-8-9-20(17)16(14)22;1-5(2,3)4/h1-7,10H,8-9,11H2;1H3,(H,2,3,4). The van der Waals surface area contributed by atoms with Gasteiger partial charge >= 0.3 is 0 Å². The van der Waals surface area contributed by atoms with Crippen molar-refractivity contribution in [1.82, 2.24) is 4.90 Å². The second kappa shape index (κ2) is 7.67. The molecule has 0 atom stereocenters. The van der Waals surface area contributed by atoms with Gasteiger partial charge in [0.15, 0.2) is 0 Å². The lowest BCUT2D eigenvalue weighted by Crippen LogP contribution is -2.49. The van der Waals surface area contributed by atoms with Crippen molar-refractivity contribution in [2.45, 2.75) is 6.54 Å². The first kappa shape index (κ1) is 19.3. The third-order valence-electron chi connectivity index (χ3n) is 3.97. The van der Waals surface area contributed by atoms with Gasteiger partial charge in [0.2, 0.25) is 5.96 Å². The number of rotatable bonds is 2. The SMILES string of the molecule is CS(=O)(=O)O.O=C1c2ccc(Cl)cc2N(Cc2ccccc2)C2=NCCN12. The van der Waals surface area contributed by atoms with Crippen LogP contribution >= 0.6 is 11.6 Å². The molecule has 0 fully saturated rings. The van der Waals surface area contributed by atoms with E-state index in [1.165, 1.54) is 0 Å². The Kier molecular flexibility index (Phi) is 5.50. The average molecular weight is 408 g/mol. The summed E-state index contributed by atoms with van der Waals surface area (Å²) < 4.78 is 25.9. The van der Waals surface area contributed by atoms with Crippen molar-refractivity contribution in [3.63, 3.8) is 0 Å². The summed E-state index contributed by atoms with van der Waals surface area (Å²) in [5.41, 5.74) is 2.68. The molecule has 4 rings (SSSR count). The van der Waals surface area contributed by atoms with Crippen LogP contribution < -0.4 is 4.90 Å².